The summed E-state index contributed by atoms with van der Waals surface area (Å²) in [5.74, 6) is 2.19. The lowest BCUT2D eigenvalue weighted by Gasteiger charge is -2.28. The Morgan fingerprint density at radius 1 is 1.22 bits per heavy atom. The molecule has 1 unspecified atom stereocenters. The molecule has 2 aromatic rings. The summed E-state index contributed by atoms with van der Waals surface area (Å²) in [7, 11) is 2.18. The molecule has 146 valence electrons. The third kappa shape index (κ3) is 4.74. The number of benzene rings is 1. The zero-order valence-electron chi connectivity index (χ0n) is 16.1. The average molecular weight is 372 g/mol. The minimum atomic E-state index is -0.245. The fourth-order valence-corrected chi connectivity index (χ4v) is 4.14. The van der Waals surface area contributed by atoms with Crippen molar-refractivity contribution in [2.75, 3.05) is 26.7 Å². The lowest BCUT2D eigenvalue weighted by Crippen LogP contribution is -2.31. The number of hydrogen-bond donors (Lipinski definition) is 0. The second-order valence-electron chi connectivity index (χ2n) is 7.96. The van der Waals surface area contributed by atoms with Crippen LogP contribution < -0.4 is 0 Å². The van der Waals surface area contributed by atoms with Gasteiger partial charge < -0.3 is 9.64 Å². The van der Waals surface area contributed by atoms with Gasteiger partial charge in [-0.3, -0.25) is 0 Å². The summed E-state index contributed by atoms with van der Waals surface area (Å²) in [5.41, 5.74) is 0.750. The van der Waals surface area contributed by atoms with Crippen molar-refractivity contribution in [1.82, 2.24) is 19.7 Å². The molecule has 2 aliphatic heterocycles. The zero-order valence-corrected chi connectivity index (χ0v) is 16.1. The van der Waals surface area contributed by atoms with Gasteiger partial charge in [-0.15, -0.1) is 0 Å². The molecule has 2 saturated heterocycles. The summed E-state index contributed by atoms with van der Waals surface area (Å²) < 4.78 is 21.3. The Morgan fingerprint density at radius 3 is 2.81 bits per heavy atom. The van der Waals surface area contributed by atoms with Gasteiger partial charge in [0, 0.05) is 19.4 Å². The predicted molar refractivity (Wildman–Crippen MR) is 103 cm³/mol. The predicted octanol–water partition coefficient (Wildman–Crippen LogP) is 3.40. The molecule has 2 aliphatic rings. The van der Waals surface area contributed by atoms with Crippen LogP contribution in [0.5, 0.6) is 0 Å². The number of likely N-dealkylation sites (tertiary alicyclic amines) is 1. The molecule has 2 fully saturated rings. The summed E-state index contributed by atoms with van der Waals surface area (Å²) in [6.07, 6.45) is 7.62. The summed E-state index contributed by atoms with van der Waals surface area (Å²) in [6, 6.07) is 6.62. The Bertz CT molecular complexity index is 748. The highest BCUT2D eigenvalue weighted by Crippen LogP contribution is 2.22. The van der Waals surface area contributed by atoms with Gasteiger partial charge in [0.1, 0.15) is 11.6 Å². The maximum Gasteiger partial charge on any atom is 0.151 e. The SMILES string of the molecule is CN1CCC(Cc2nc(CCC3CCCO3)n(-c3cccc(F)c3)n2)CC1. The van der Waals surface area contributed by atoms with E-state index in [4.69, 9.17) is 14.8 Å². The number of nitrogens with zero attached hydrogens (tertiary/aromatic N) is 4. The quantitative estimate of drug-likeness (QED) is 0.779. The van der Waals surface area contributed by atoms with Crippen LogP contribution in [-0.2, 0) is 17.6 Å². The summed E-state index contributed by atoms with van der Waals surface area (Å²) in [4.78, 5) is 7.23. The van der Waals surface area contributed by atoms with E-state index in [1.54, 1.807) is 6.07 Å². The lowest BCUT2D eigenvalue weighted by molar-refractivity contribution is 0.104. The molecular weight excluding hydrogens is 343 g/mol. The molecule has 0 radical (unpaired) electrons. The van der Waals surface area contributed by atoms with Gasteiger partial charge in [0.15, 0.2) is 5.82 Å². The van der Waals surface area contributed by atoms with Crippen molar-refractivity contribution in [2.24, 2.45) is 5.92 Å². The van der Waals surface area contributed by atoms with Crippen LogP contribution in [-0.4, -0.2) is 52.5 Å². The van der Waals surface area contributed by atoms with Crippen LogP contribution >= 0.6 is 0 Å². The van der Waals surface area contributed by atoms with Gasteiger partial charge in [-0.1, -0.05) is 6.07 Å². The number of aryl methyl sites for hydroxylation is 1. The van der Waals surface area contributed by atoms with E-state index in [0.717, 1.165) is 69.1 Å². The van der Waals surface area contributed by atoms with Crippen LogP contribution in [0.25, 0.3) is 5.69 Å². The minimum absolute atomic E-state index is 0.245. The second-order valence-corrected chi connectivity index (χ2v) is 7.96. The van der Waals surface area contributed by atoms with Gasteiger partial charge in [-0.25, -0.2) is 14.1 Å². The largest absolute Gasteiger partial charge is 0.378 e. The van der Waals surface area contributed by atoms with Crippen LogP contribution in [0.3, 0.4) is 0 Å². The van der Waals surface area contributed by atoms with E-state index in [2.05, 4.69) is 11.9 Å². The standard InChI is InChI=1S/C21H29FN4O/c1-25-11-9-16(10-12-25)14-20-23-21(8-7-19-6-3-13-27-19)26(24-20)18-5-2-4-17(22)15-18/h2,4-5,15-16,19H,3,6-14H2,1H3. The molecule has 1 aromatic carbocycles. The number of rotatable bonds is 6. The van der Waals surface area contributed by atoms with E-state index in [-0.39, 0.29) is 5.82 Å². The van der Waals surface area contributed by atoms with E-state index in [1.807, 2.05) is 10.7 Å². The lowest BCUT2D eigenvalue weighted by atomic mass is 9.94. The van der Waals surface area contributed by atoms with Crippen LogP contribution in [0.2, 0.25) is 0 Å². The molecule has 0 saturated carbocycles. The van der Waals surface area contributed by atoms with E-state index in [9.17, 15) is 4.39 Å². The maximum atomic E-state index is 13.7. The van der Waals surface area contributed by atoms with Crippen LogP contribution in [0.4, 0.5) is 4.39 Å². The minimum Gasteiger partial charge on any atom is -0.378 e. The molecule has 1 atom stereocenters. The molecule has 0 N–H and O–H groups in total. The molecule has 0 bridgehead atoms. The highest BCUT2D eigenvalue weighted by Gasteiger charge is 2.22. The first-order valence-electron chi connectivity index (χ1n) is 10.2. The first-order chi connectivity index (χ1) is 13.2. The van der Waals surface area contributed by atoms with Crippen LogP contribution in [0.15, 0.2) is 24.3 Å². The Kier molecular flexibility index (Phi) is 5.83. The molecule has 3 heterocycles. The Labute approximate surface area is 160 Å². The van der Waals surface area contributed by atoms with Crippen molar-refractivity contribution in [3.05, 3.63) is 41.7 Å². The monoisotopic (exact) mass is 372 g/mol. The topological polar surface area (TPSA) is 43.2 Å². The van der Waals surface area contributed by atoms with E-state index >= 15 is 0 Å². The average Bonchev–Trinajstić information content (AvgIpc) is 3.32. The highest BCUT2D eigenvalue weighted by atomic mass is 19.1. The highest BCUT2D eigenvalue weighted by molar-refractivity contribution is 5.32. The fourth-order valence-electron chi connectivity index (χ4n) is 4.14. The van der Waals surface area contributed by atoms with Crippen molar-refractivity contribution in [3.63, 3.8) is 0 Å². The van der Waals surface area contributed by atoms with Crippen LogP contribution in [0.1, 0.15) is 43.8 Å². The molecule has 27 heavy (non-hydrogen) atoms. The normalized spacial score (nSPS) is 21.8. The van der Waals surface area contributed by atoms with Gasteiger partial charge >= 0.3 is 0 Å². The maximum absolute atomic E-state index is 13.7. The third-order valence-corrected chi connectivity index (χ3v) is 5.79. The molecule has 6 heteroatoms. The molecule has 4 rings (SSSR count). The third-order valence-electron chi connectivity index (χ3n) is 5.79. The van der Waals surface area contributed by atoms with Crippen molar-refractivity contribution in [1.29, 1.82) is 0 Å². The van der Waals surface area contributed by atoms with Gasteiger partial charge in [-0.05, 0) is 76.4 Å². The Morgan fingerprint density at radius 2 is 2.07 bits per heavy atom. The van der Waals surface area contributed by atoms with Crippen molar-refractivity contribution in [2.45, 2.75) is 51.0 Å². The molecule has 1 aromatic heterocycles. The summed E-state index contributed by atoms with van der Waals surface area (Å²) in [5, 5.41) is 4.76. The number of piperidine rings is 1. The number of ether oxygens (including phenoxy) is 1. The summed E-state index contributed by atoms with van der Waals surface area (Å²) >= 11 is 0. The van der Waals surface area contributed by atoms with Gasteiger partial charge in [-0.2, -0.15) is 5.10 Å². The van der Waals surface area contributed by atoms with E-state index < -0.39 is 0 Å². The Balaban J connectivity index is 1.52. The van der Waals surface area contributed by atoms with Crippen LogP contribution in [0, 0.1) is 11.7 Å². The molecular formula is C21H29FN4O. The van der Waals surface area contributed by atoms with Crippen molar-refractivity contribution in [3.8, 4) is 5.69 Å². The number of hydrogen-bond acceptors (Lipinski definition) is 4. The zero-order chi connectivity index (χ0) is 18.6. The number of halogens is 1. The van der Waals surface area contributed by atoms with E-state index in [1.165, 1.54) is 25.0 Å². The molecule has 0 aliphatic carbocycles. The van der Waals surface area contributed by atoms with Crippen molar-refractivity contribution < 1.29 is 9.13 Å². The smallest absolute Gasteiger partial charge is 0.151 e. The summed E-state index contributed by atoms with van der Waals surface area (Å²) in [6.45, 7) is 3.14. The molecule has 5 nitrogen and oxygen atoms in total. The molecule has 0 spiro atoms. The van der Waals surface area contributed by atoms with Gasteiger partial charge in [0.25, 0.3) is 0 Å². The number of aromatic nitrogens is 3. The van der Waals surface area contributed by atoms with Gasteiger partial charge in [0.2, 0.25) is 0 Å². The molecule has 0 amide bonds. The van der Waals surface area contributed by atoms with Gasteiger partial charge in [0.05, 0.1) is 11.8 Å². The van der Waals surface area contributed by atoms with Crippen molar-refractivity contribution >= 4 is 0 Å². The Hall–Kier alpha value is -1.79. The first-order valence-corrected chi connectivity index (χ1v) is 10.2. The first kappa shape index (κ1) is 18.6. The van der Waals surface area contributed by atoms with E-state index in [0.29, 0.717) is 12.0 Å². The second kappa shape index (κ2) is 8.48. The fraction of sp³-hybridized carbons (Fsp3) is 0.619.